The van der Waals surface area contributed by atoms with E-state index in [1.165, 1.54) is 5.56 Å². The lowest BCUT2D eigenvalue weighted by Gasteiger charge is -2.34. The van der Waals surface area contributed by atoms with E-state index in [9.17, 15) is 9.59 Å². The number of rotatable bonds is 10. The molecule has 2 aromatic heterocycles. The molecule has 0 radical (unpaired) electrons. The van der Waals surface area contributed by atoms with Crippen LogP contribution >= 0.6 is 0 Å². The molecule has 1 aromatic carbocycles. The minimum atomic E-state index is -0.0420. The smallest absolute Gasteiger partial charge is 0.289 e. The first-order chi connectivity index (χ1) is 18.6. The van der Waals surface area contributed by atoms with E-state index in [-0.39, 0.29) is 11.8 Å². The number of piperazine rings is 1. The molecule has 2 aliphatic rings. The second kappa shape index (κ2) is 12.5. The summed E-state index contributed by atoms with van der Waals surface area (Å²) in [6.45, 7) is 8.07. The van der Waals surface area contributed by atoms with Gasteiger partial charge in [-0.15, -0.1) is 0 Å². The van der Waals surface area contributed by atoms with Crippen molar-refractivity contribution < 1.29 is 14.0 Å². The summed E-state index contributed by atoms with van der Waals surface area (Å²) in [4.78, 5) is 32.6. The number of nitrogens with zero attached hydrogens (tertiary/aromatic N) is 4. The third kappa shape index (κ3) is 6.38. The molecule has 202 valence electrons. The van der Waals surface area contributed by atoms with Gasteiger partial charge in [0.25, 0.3) is 5.91 Å². The minimum absolute atomic E-state index is 0.0420. The zero-order valence-electron chi connectivity index (χ0n) is 22.6. The molecule has 3 aromatic rings. The van der Waals surface area contributed by atoms with Gasteiger partial charge >= 0.3 is 0 Å². The highest BCUT2D eigenvalue weighted by atomic mass is 16.4. The van der Waals surface area contributed by atoms with Crippen molar-refractivity contribution in [2.75, 3.05) is 32.7 Å². The largest absolute Gasteiger partial charge is 0.454 e. The summed E-state index contributed by atoms with van der Waals surface area (Å²) in [6.07, 6.45) is 7.33. The van der Waals surface area contributed by atoms with Crippen LogP contribution in [0.2, 0.25) is 0 Å². The quantitative estimate of drug-likeness (QED) is 0.380. The Hall–Kier alpha value is -3.32. The highest BCUT2D eigenvalue weighted by Gasteiger charge is 2.28. The van der Waals surface area contributed by atoms with Crippen LogP contribution in [0.25, 0.3) is 0 Å². The fraction of sp³-hybridized carbons (Fsp3) is 0.484. The fourth-order valence-corrected chi connectivity index (χ4v) is 5.76. The van der Waals surface area contributed by atoms with E-state index in [4.69, 9.17) is 4.42 Å². The zero-order chi connectivity index (χ0) is 26.3. The van der Waals surface area contributed by atoms with Gasteiger partial charge in [-0.05, 0) is 49.1 Å². The molecule has 0 spiro atoms. The van der Waals surface area contributed by atoms with Crippen molar-refractivity contribution in [2.24, 2.45) is 5.92 Å². The van der Waals surface area contributed by atoms with Crippen molar-refractivity contribution in [3.8, 4) is 0 Å². The summed E-state index contributed by atoms with van der Waals surface area (Å²) in [6, 6.07) is 18.3. The first kappa shape index (κ1) is 26.3. The fourth-order valence-electron chi connectivity index (χ4n) is 5.76. The van der Waals surface area contributed by atoms with Gasteiger partial charge in [0.15, 0.2) is 5.76 Å². The molecule has 0 N–H and O–H groups in total. The van der Waals surface area contributed by atoms with E-state index < -0.39 is 0 Å². The maximum Gasteiger partial charge on any atom is 0.289 e. The molecule has 1 aliphatic heterocycles. The molecule has 38 heavy (non-hydrogen) atoms. The number of carbonyl (C=O) groups is 2. The number of hydrogen-bond donors (Lipinski definition) is 0. The van der Waals surface area contributed by atoms with Crippen molar-refractivity contribution in [1.82, 2.24) is 19.3 Å². The molecule has 7 nitrogen and oxygen atoms in total. The van der Waals surface area contributed by atoms with E-state index in [1.807, 2.05) is 34.2 Å². The van der Waals surface area contributed by atoms with E-state index in [1.54, 1.807) is 6.07 Å². The SMILES string of the molecule is CCCN(Cc1cccn1Cc1ccc(C(=O)N2CCN(Cc3ccccc3)CC2)o1)C(=O)C1CCCC1. The Morgan fingerprint density at radius 3 is 2.42 bits per heavy atom. The van der Waals surface area contributed by atoms with E-state index in [0.717, 1.165) is 69.7 Å². The standard InChI is InChI=1S/C31H40N4O3/c1-2-16-35(30(36)26-11-6-7-12-26)23-27-13-8-17-34(27)24-28-14-15-29(38-28)31(37)33-20-18-32(19-21-33)22-25-9-4-3-5-10-25/h3-5,8-10,13-15,17,26H,2,6-7,11-12,16,18-24H2,1H3. The van der Waals surface area contributed by atoms with Gasteiger partial charge in [0.2, 0.25) is 5.91 Å². The van der Waals surface area contributed by atoms with Gasteiger partial charge in [-0.1, -0.05) is 50.1 Å². The summed E-state index contributed by atoms with van der Waals surface area (Å²) in [5.41, 5.74) is 2.39. The molecule has 1 saturated heterocycles. The Kier molecular flexibility index (Phi) is 8.64. The first-order valence-corrected chi connectivity index (χ1v) is 14.2. The second-order valence-corrected chi connectivity index (χ2v) is 10.7. The normalized spacial score (nSPS) is 16.7. The summed E-state index contributed by atoms with van der Waals surface area (Å²) in [5.74, 6) is 1.59. The Bertz CT molecular complexity index is 1190. The Morgan fingerprint density at radius 1 is 0.921 bits per heavy atom. The van der Waals surface area contributed by atoms with E-state index in [2.05, 4.69) is 46.7 Å². The summed E-state index contributed by atoms with van der Waals surface area (Å²) in [5, 5.41) is 0. The molecular weight excluding hydrogens is 476 g/mol. The Labute approximate surface area is 226 Å². The summed E-state index contributed by atoms with van der Waals surface area (Å²) in [7, 11) is 0. The number of carbonyl (C=O) groups excluding carboxylic acids is 2. The van der Waals surface area contributed by atoms with Crippen LogP contribution in [-0.4, -0.2) is 63.8 Å². The molecule has 7 heteroatoms. The number of amides is 2. The number of aromatic nitrogens is 1. The highest BCUT2D eigenvalue weighted by molar-refractivity contribution is 5.91. The first-order valence-electron chi connectivity index (χ1n) is 14.2. The van der Waals surface area contributed by atoms with Crippen LogP contribution in [0.5, 0.6) is 0 Å². The van der Waals surface area contributed by atoms with Crippen LogP contribution in [0.3, 0.4) is 0 Å². The predicted molar refractivity (Wildman–Crippen MR) is 148 cm³/mol. The number of benzene rings is 1. The summed E-state index contributed by atoms with van der Waals surface area (Å²) >= 11 is 0. The van der Waals surface area contributed by atoms with Crippen molar-refractivity contribution in [3.05, 3.63) is 83.6 Å². The molecule has 3 heterocycles. The zero-order valence-corrected chi connectivity index (χ0v) is 22.6. The average molecular weight is 517 g/mol. The molecule has 0 unspecified atom stereocenters. The lowest BCUT2D eigenvalue weighted by Crippen LogP contribution is -2.48. The minimum Gasteiger partial charge on any atom is -0.454 e. The van der Waals surface area contributed by atoms with Crippen LogP contribution in [0.4, 0.5) is 0 Å². The van der Waals surface area contributed by atoms with Crippen molar-refractivity contribution in [3.63, 3.8) is 0 Å². The third-order valence-corrected chi connectivity index (χ3v) is 7.89. The van der Waals surface area contributed by atoms with Crippen LogP contribution < -0.4 is 0 Å². The number of hydrogen-bond acceptors (Lipinski definition) is 4. The topological polar surface area (TPSA) is 61.9 Å². The highest BCUT2D eigenvalue weighted by Crippen LogP contribution is 2.27. The van der Waals surface area contributed by atoms with E-state index in [0.29, 0.717) is 37.8 Å². The molecule has 0 bridgehead atoms. The molecule has 5 rings (SSSR count). The molecule has 1 aliphatic carbocycles. The van der Waals surface area contributed by atoms with Crippen molar-refractivity contribution in [2.45, 2.75) is 58.7 Å². The lowest BCUT2D eigenvalue weighted by atomic mass is 10.1. The van der Waals surface area contributed by atoms with E-state index >= 15 is 0 Å². The third-order valence-electron chi connectivity index (χ3n) is 7.89. The molecule has 1 saturated carbocycles. The van der Waals surface area contributed by atoms with Crippen LogP contribution in [0, 0.1) is 5.92 Å². The van der Waals surface area contributed by atoms with Gasteiger partial charge in [0.05, 0.1) is 13.1 Å². The number of furan rings is 1. The Balaban J connectivity index is 1.16. The monoisotopic (exact) mass is 516 g/mol. The van der Waals surface area contributed by atoms with Crippen LogP contribution in [0.1, 0.15) is 66.6 Å². The van der Waals surface area contributed by atoms with Gasteiger partial charge in [0, 0.05) is 57.1 Å². The maximum atomic E-state index is 13.1. The van der Waals surface area contributed by atoms with Crippen LogP contribution in [-0.2, 0) is 24.4 Å². The van der Waals surface area contributed by atoms with Crippen LogP contribution in [0.15, 0.2) is 65.2 Å². The second-order valence-electron chi connectivity index (χ2n) is 10.7. The molecule has 2 amide bonds. The van der Waals surface area contributed by atoms with Crippen molar-refractivity contribution in [1.29, 1.82) is 0 Å². The van der Waals surface area contributed by atoms with Gasteiger partial charge in [0.1, 0.15) is 5.76 Å². The molecular formula is C31H40N4O3. The lowest BCUT2D eigenvalue weighted by molar-refractivity contribution is -0.136. The predicted octanol–water partition coefficient (Wildman–Crippen LogP) is 5.02. The summed E-state index contributed by atoms with van der Waals surface area (Å²) < 4.78 is 8.15. The average Bonchev–Trinajstić information content (AvgIpc) is 3.72. The molecule has 0 atom stereocenters. The van der Waals surface area contributed by atoms with Gasteiger partial charge < -0.3 is 18.8 Å². The molecule has 2 fully saturated rings. The van der Waals surface area contributed by atoms with Gasteiger partial charge in [-0.25, -0.2) is 0 Å². The van der Waals surface area contributed by atoms with Crippen molar-refractivity contribution >= 4 is 11.8 Å². The van der Waals surface area contributed by atoms with Gasteiger partial charge in [-0.2, -0.15) is 0 Å². The van der Waals surface area contributed by atoms with Gasteiger partial charge in [-0.3, -0.25) is 14.5 Å². The maximum absolute atomic E-state index is 13.1. The Morgan fingerprint density at radius 2 is 1.68 bits per heavy atom.